The summed E-state index contributed by atoms with van der Waals surface area (Å²) >= 11 is 5.82. The topological polar surface area (TPSA) is 0 Å². The van der Waals surface area contributed by atoms with E-state index in [1.54, 1.807) is 0 Å². The van der Waals surface area contributed by atoms with Crippen molar-refractivity contribution in [2.75, 3.05) is 5.50 Å². The standard InChI is InChI=1S/C11H13ClSi/c1-13(2,10-12)9-8-11-6-4-3-5-7-11/h3-7H,10H2,1-2H3. The van der Waals surface area contributed by atoms with Crippen molar-refractivity contribution >= 4 is 19.7 Å². The summed E-state index contributed by atoms with van der Waals surface area (Å²) in [5, 5.41) is 0. The molecule has 0 fully saturated rings. The van der Waals surface area contributed by atoms with Gasteiger partial charge in [0.05, 0.1) is 0 Å². The maximum absolute atomic E-state index is 5.82. The average molecular weight is 209 g/mol. The molecule has 1 rings (SSSR count). The van der Waals surface area contributed by atoms with Crippen LogP contribution in [0, 0.1) is 11.5 Å². The maximum Gasteiger partial charge on any atom is 0.147 e. The normalized spacial score (nSPS) is 10.4. The fraction of sp³-hybridized carbons (Fsp3) is 0.273. The molecule has 0 atom stereocenters. The fourth-order valence-electron chi connectivity index (χ4n) is 0.796. The molecule has 0 saturated heterocycles. The van der Waals surface area contributed by atoms with Crippen LogP contribution in [0.1, 0.15) is 5.56 Å². The molecule has 1 aromatic rings. The lowest BCUT2D eigenvalue weighted by Gasteiger charge is -2.07. The molecule has 2 heteroatoms. The molecule has 1 aromatic carbocycles. The van der Waals surface area contributed by atoms with E-state index in [9.17, 15) is 0 Å². The summed E-state index contributed by atoms with van der Waals surface area (Å²) in [6.07, 6.45) is 0. The molecular formula is C11H13ClSi. The van der Waals surface area contributed by atoms with Gasteiger partial charge in [-0.05, 0) is 12.1 Å². The Labute approximate surface area is 85.9 Å². The Kier molecular flexibility index (Phi) is 3.59. The minimum atomic E-state index is -1.46. The Balaban J connectivity index is 2.79. The molecule has 0 radical (unpaired) electrons. The summed E-state index contributed by atoms with van der Waals surface area (Å²) in [6.45, 7) is 4.35. The van der Waals surface area contributed by atoms with Gasteiger partial charge in [-0.25, -0.2) is 0 Å². The van der Waals surface area contributed by atoms with E-state index in [4.69, 9.17) is 11.6 Å². The number of rotatable bonds is 1. The molecule has 0 spiro atoms. The van der Waals surface area contributed by atoms with Crippen LogP contribution in [-0.2, 0) is 0 Å². The van der Waals surface area contributed by atoms with E-state index >= 15 is 0 Å². The monoisotopic (exact) mass is 208 g/mol. The van der Waals surface area contributed by atoms with Gasteiger partial charge < -0.3 is 0 Å². The predicted molar refractivity (Wildman–Crippen MR) is 61.5 cm³/mol. The molecule has 13 heavy (non-hydrogen) atoms. The largest absolute Gasteiger partial charge is 0.147 e. The van der Waals surface area contributed by atoms with Gasteiger partial charge in [-0.2, -0.15) is 0 Å². The zero-order valence-corrected chi connectivity index (χ0v) is 9.73. The molecule has 0 saturated carbocycles. The molecule has 0 aliphatic heterocycles. The SMILES string of the molecule is C[Si](C)(C#Cc1ccccc1)CCl. The lowest BCUT2D eigenvalue weighted by molar-refractivity contribution is 1.65. The third kappa shape index (κ3) is 3.67. The predicted octanol–water partition coefficient (Wildman–Crippen LogP) is 3.06. The first-order valence-corrected chi connectivity index (χ1v) is 8.02. The van der Waals surface area contributed by atoms with Crippen molar-refractivity contribution in [2.24, 2.45) is 0 Å². The first-order valence-electron chi connectivity index (χ1n) is 4.28. The highest BCUT2D eigenvalue weighted by Gasteiger charge is 2.15. The van der Waals surface area contributed by atoms with Crippen LogP contribution >= 0.6 is 11.6 Å². The van der Waals surface area contributed by atoms with E-state index in [1.165, 1.54) is 0 Å². The highest BCUT2D eigenvalue weighted by molar-refractivity contribution is 6.89. The van der Waals surface area contributed by atoms with Gasteiger partial charge in [-0.1, -0.05) is 37.2 Å². The molecule has 0 amide bonds. The average Bonchev–Trinajstić information content (AvgIpc) is 2.17. The Morgan fingerprint density at radius 1 is 1.23 bits per heavy atom. The fourth-order valence-corrected chi connectivity index (χ4v) is 1.55. The van der Waals surface area contributed by atoms with Crippen LogP contribution in [0.25, 0.3) is 0 Å². The van der Waals surface area contributed by atoms with Crippen LogP contribution < -0.4 is 0 Å². The third-order valence-corrected chi connectivity index (χ3v) is 5.13. The number of hydrogen-bond donors (Lipinski definition) is 0. The minimum absolute atomic E-state index is 0.701. The van der Waals surface area contributed by atoms with Crippen molar-refractivity contribution in [3.63, 3.8) is 0 Å². The number of halogens is 1. The van der Waals surface area contributed by atoms with Crippen LogP contribution in [0.2, 0.25) is 13.1 Å². The van der Waals surface area contributed by atoms with Gasteiger partial charge in [0.25, 0.3) is 0 Å². The number of alkyl halides is 1. The second-order valence-corrected chi connectivity index (χ2v) is 8.72. The molecule has 0 bridgehead atoms. The highest BCUT2D eigenvalue weighted by atomic mass is 35.5. The van der Waals surface area contributed by atoms with Gasteiger partial charge in [-0.15, -0.1) is 17.1 Å². The van der Waals surface area contributed by atoms with Gasteiger partial charge in [0.2, 0.25) is 0 Å². The number of benzene rings is 1. The smallest absolute Gasteiger partial charge is 0.129 e. The molecule has 68 valence electrons. The second kappa shape index (κ2) is 4.50. The first-order chi connectivity index (χ1) is 6.14. The van der Waals surface area contributed by atoms with Crippen molar-refractivity contribution in [1.29, 1.82) is 0 Å². The molecular weight excluding hydrogens is 196 g/mol. The zero-order valence-electron chi connectivity index (χ0n) is 7.97. The lowest BCUT2D eigenvalue weighted by atomic mass is 10.2. The van der Waals surface area contributed by atoms with Gasteiger partial charge in [0.15, 0.2) is 0 Å². The van der Waals surface area contributed by atoms with Gasteiger partial charge in [-0.3, -0.25) is 0 Å². The van der Waals surface area contributed by atoms with Crippen molar-refractivity contribution in [1.82, 2.24) is 0 Å². The Hall–Kier alpha value is -0.713. The van der Waals surface area contributed by atoms with Crippen LogP contribution in [0.3, 0.4) is 0 Å². The highest BCUT2D eigenvalue weighted by Crippen LogP contribution is 2.03. The minimum Gasteiger partial charge on any atom is -0.129 e. The Bertz CT molecular complexity index is 319. The lowest BCUT2D eigenvalue weighted by Crippen LogP contribution is -2.26. The molecule has 0 unspecified atom stereocenters. The quantitative estimate of drug-likeness (QED) is 0.378. The van der Waals surface area contributed by atoms with Crippen molar-refractivity contribution in [3.8, 4) is 11.5 Å². The van der Waals surface area contributed by atoms with Crippen LogP contribution in [0.5, 0.6) is 0 Å². The summed E-state index contributed by atoms with van der Waals surface area (Å²) in [5.74, 6) is 3.16. The Morgan fingerprint density at radius 3 is 2.38 bits per heavy atom. The molecule has 0 aromatic heterocycles. The van der Waals surface area contributed by atoms with E-state index in [0.717, 1.165) is 5.56 Å². The molecule has 0 nitrogen and oxygen atoms in total. The van der Waals surface area contributed by atoms with Crippen LogP contribution in [0.15, 0.2) is 30.3 Å². The summed E-state index contributed by atoms with van der Waals surface area (Å²) in [5.41, 5.74) is 5.06. The first kappa shape index (κ1) is 10.4. The zero-order chi connectivity index (χ0) is 9.73. The molecule has 0 N–H and O–H groups in total. The van der Waals surface area contributed by atoms with Crippen molar-refractivity contribution in [2.45, 2.75) is 13.1 Å². The van der Waals surface area contributed by atoms with E-state index in [1.807, 2.05) is 30.3 Å². The van der Waals surface area contributed by atoms with E-state index in [-0.39, 0.29) is 0 Å². The number of hydrogen-bond acceptors (Lipinski definition) is 0. The second-order valence-electron chi connectivity index (χ2n) is 3.63. The van der Waals surface area contributed by atoms with Crippen molar-refractivity contribution < 1.29 is 0 Å². The summed E-state index contributed by atoms with van der Waals surface area (Å²) in [7, 11) is -1.46. The van der Waals surface area contributed by atoms with E-state index in [2.05, 4.69) is 24.6 Å². The van der Waals surface area contributed by atoms with Crippen LogP contribution in [-0.4, -0.2) is 13.6 Å². The van der Waals surface area contributed by atoms with Gasteiger partial charge >= 0.3 is 0 Å². The molecule has 0 aliphatic carbocycles. The van der Waals surface area contributed by atoms with Crippen molar-refractivity contribution in [3.05, 3.63) is 35.9 Å². The maximum atomic E-state index is 5.82. The van der Waals surface area contributed by atoms with Gasteiger partial charge in [0, 0.05) is 11.1 Å². The van der Waals surface area contributed by atoms with E-state index in [0.29, 0.717) is 5.50 Å². The summed E-state index contributed by atoms with van der Waals surface area (Å²) in [4.78, 5) is 0. The van der Waals surface area contributed by atoms with Gasteiger partial charge in [0.1, 0.15) is 8.07 Å². The van der Waals surface area contributed by atoms with Crippen LogP contribution in [0.4, 0.5) is 0 Å². The molecule has 0 heterocycles. The Morgan fingerprint density at radius 2 is 1.85 bits per heavy atom. The summed E-state index contributed by atoms with van der Waals surface area (Å²) in [6, 6.07) is 10.0. The summed E-state index contributed by atoms with van der Waals surface area (Å²) < 4.78 is 0. The van der Waals surface area contributed by atoms with E-state index < -0.39 is 8.07 Å². The molecule has 0 aliphatic rings. The third-order valence-electron chi connectivity index (χ3n) is 1.65.